The van der Waals surface area contributed by atoms with Crippen LogP contribution in [0.5, 0.6) is 0 Å². The van der Waals surface area contributed by atoms with Crippen LogP contribution in [0, 0.1) is 17.2 Å². The second kappa shape index (κ2) is 16.1. The first-order chi connectivity index (χ1) is 30.0. The lowest BCUT2D eigenvalue weighted by Crippen LogP contribution is -2.39. The summed E-state index contributed by atoms with van der Waals surface area (Å²) in [6, 6.07) is 57.7. The van der Waals surface area contributed by atoms with E-state index in [0.29, 0.717) is 40.3 Å². The van der Waals surface area contributed by atoms with Crippen molar-refractivity contribution in [2.75, 3.05) is 21.7 Å². The Balaban J connectivity index is 1.00. The number of nitrogens with zero attached hydrogens (tertiary/aromatic N) is 5. The third-order valence-corrected chi connectivity index (χ3v) is 12.0. The Bertz CT molecular complexity index is 2860. The summed E-state index contributed by atoms with van der Waals surface area (Å²) < 4.78 is 0. The molecule has 0 amide bonds. The molecule has 0 radical (unpaired) electrons. The smallest absolute Gasteiger partial charge is 0.164 e. The SMILES string of the molecule is N#Cc1ccc2c(c1)N(c1ccc(-c3c(N)cc(N)cc3-c3cccc(-c4cccc(-c5nc(-c6ccccc6)nc(-c6ccccc6)n5)c4)c3)cc1)C(C1CCCCC1)N2. The second-order valence-corrected chi connectivity index (χ2v) is 16.0. The van der Waals surface area contributed by atoms with Crippen LogP contribution in [0.25, 0.3) is 67.5 Å². The minimum absolute atomic E-state index is 0.121. The lowest BCUT2D eigenvalue weighted by Gasteiger charge is -2.35. The molecule has 2 heterocycles. The van der Waals surface area contributed by atoms with Crippen molar-refractivity contribution in [3.63, 3.8) is 0 Å². The standard InChI is InChI=1S/C53H44N8/c54-33-34-22-27-47-48(28-34)61(53(57-47)38-16-8-3-9-17-38)44-25-23-35(24-26-44)49-45(31-43(55)32-46(49)56)41-20-10-18-39(29-41)40-19-11-21-42(30-40)52-59-50(36-12-4-1-5-13-36)58-51(60-52)37-14-6-2-7-15-37/h1-2,4-7,10-15,18-32,38,53,57H,3,8-9,16-17,55-56H2. The van der Waals surface area contributed by atoms with Crippen LogP contribution in [0.15, 0.2) is 164 Å². The lowest BCUT2D eigenvalue weighted by molar-refractivity contribution is 0.323. The molecular weight excluding hydrogens is 749 g/mol. The van der Waals surface area contributed by atoms with Crippen LogP contribution < -0.4 is 21.7 Å². The van der Waals surface area contributed by atoms with Gasteiger partial charge in [-0.15, -0.1) is 0 Å². The Morgan fingerprint density at radius 1 is 0.541 bits per heavy atom. The second-order valence-electron chi connectivity index (χ2n) is 16.0. The van der Waals surface area contributed by atoms with E-state index in [0.717, 1.165) is 67.1 Å². The number of nitrogens with two attached hydrogens (primary N) is 2. The topological polar surface area (TPSA) is 130 Å². The molecule has 296 valence electrons. The van der Waals surface area contributed by atoms with E-state index in [9.17, 15) is 5.26 Å². The van der Waals surface area contributed by atoms with Crippen LogP contribution in [0.1, 0.15) is 37.7 Å². The molecular formula is C53H44N8. The van der Waals surface area contributed by atoms with Crippen LogP contribution in [-0.2, 0) is 0 Å². The average Bonchev–Trinajstić information content (AvgIpc) is 3.71. The normalized spacial score (nSPS) is 14.9. The number of anilines is 5. The summed E-state index contributed by atoms with van der Waals surface area (Å²) in [4.78, 5) is 17.2. The summed E-state index contributed by atoms with van der Waals surface area (Å²) in [7, 11) is 0. The van der Waals surface area contributed by atoms with Crippen LogP contribution >= 0.6 is 0 Å². The summed E-state index contributed by atoms with van der Waals surface area (Å²) in [6.45, 7) is 0. The zero-order valence-corrected chi connectivity index (χ0v) is 33.7. The van der Waals surface area contributed by atoms with Crippen molar-refractivity contribution in [3.8, 4) is 73.6 Å². The van der Waals surface area contributed by atoms with E-state index in [1.54, 1.807) is 0 Å². The van der Waals surface area contributed by atoms with E-state index in [4.69, 9.17) is 26.4 Å². The Labute approximate surface area is 356 Å². The molecule has 1 atom stereocenters. The van der Waals surface area contributed by atoms with Gasteiger partial charge in [0.05, 0.1) is 23.0 Å². The van der Waals surface area contributed by atoms with Gasteiger partial charge in [0, 0.05) is 39.3 Å². The summed E-state index contributed by atoms with van der Waals surface area (Å²) in [6.07, 6.45) is 6.26. The molecule has 8 aromatic rings. The molecule has 1 aliphatic heterocycles. The van der Waals surface area contributed by atoms with Crippen molar-refractivity contribution >= 4 is 28.4 Å². The van der Waals surface area contributed by atoms with Gasteiger partial charge in [-0.25, -0.2) is 15.0 Å². The molecule has 7 aromatic carbocycles. The predicted molar refractivity (Wildman–Crippen MR) is 249 cm³/mol. The van der Waals surface area contributed by atoms with Crippen LogP contribution in [0.4, 0.5) is 28.4 Å². The van der Waals surface area contributed by atoms with Crippen molar-refractivity contribution < 1.29 is 0 Å². The molecule has 1 saturated carbocycles. The monoisotopic (exact) mass is 792 g/mol. The molecule has 0 spiro atoms. The number of nitriles is 1. The Kier molecular flexibility index (Phi) is 9.91. The van der Waals surface area contributed by atoms with Crippen molar-refractivity contribution in [2.24, 2.45) is 5.92 Å². The van der Waals surface area contributed by atoms with Gasteiger partial charge in [0.2, 0.25) is 0 Å². The minimum atomic E-state index is 0.121. The van der Waals surface area contributed by atoms with E-state index in [1.165, 1.54) is 32.1 Å². The average molecular weight is 793 g/mol. The summed E-state index contributed by atoms with van der Waals surface area (Å²) >= 11 is 0. The van der Waals surface area contributed by atoms with E-state index in [2.05, 4.69) is 76.9 Å². The molecule has 0 bridgehead atoms. The van der Waals surface area contributed by atoms with Crippen molar-refractivity contribution in [1.82, 2.24) is 15.0 Å². The van der Waals surface area contributed by atoms with Crippen molar-refractivity contribution in [1.29, 1.82) is 5.26 Å². The zero-order valence-electron chi connectivity index (χ0n) is 33.7. The van der Waals surface area contributed by atoms with Crippen LogP contribution in [0.3, 0.4) is 0 Å². The maximum atomic E-state index is 9.78. The van der Waals surface area contributed by atoms with E-state index in [1.807, 2.05) is 103 Å². The van der Waals surface area contributed by atoms with E-state index < -0.39 is 0 Å². The summed E-state index contributed by atoms with van der Waals surface area (Å²) in [5.74, 6) is 2.35. The highest BCUT2D eigenvalue weighted by Crippen LogP contribution is 2.47. The molecule has 1 unspecified atom stereocenters. The van der Waals surface area contributed by atoms with E-state index >= 15 is 0 Å². The van der Waals surface area contributed by atoms with Gasteiger partial charge in [0.25, 0.3) is 0 Å². The van der Waals surface area contributed by atoms with Gasteiger partial charge in [-0.3, -0.25) is 0 Å². The highest BCUT2D eigenvalue weighted by Gasteiger charge is 2.36. The van der Waals surface area contributed by atoms with Crippen LogP contribution in [0.2, 0.25) is 0 Å². The van der Waals surface area contributed by atoms with Gasteiger partial charge in [-0.2, -0.15) is 5.26 Å². The Hall–Kier alpha value is -7.76. The molecule has 5 N–H and O–H groups in total. The molecule has 1 aliphatic carbocycles. The number of hydrogen-bond donors (Lipinski definition) is 3. The maximum Gasteiger partial charge on any atom is 0.164 e. The third kappa shape index (κ3) is 7.43. The number of aromatic nitrogens is 3. The van der Waals surface area contributed by atoms with Gasteiger partial charge >= 0.3 is 0 Å². The fourth-order valence-electron chi connectivity index (χ4n) is 9.04. The zero-order chi connectivity index (χ0) is 41.3. The number of rotatable bonds is 8. The van der Waals surface area contributed by atoms with Gasteiger partial charge in [0.1, 0.15) is 6.17 Å². The molecule has 8 nitrogen and oxygen atoms in total. The first-order valence-electron chi connectivity index (χ1n) is 21.0. The molecule has 61 heavy (non-hydrogen) atoms. The quantitative estimate of drug-likeness (QED) is 0.130. The fourth-order valence-corrected chi connectivity index (χ4v) is 9.04. The number of hydrogen-bond acceptors (Lipinski definition) is 8. The number of benzene rings is 7. The molecule has 1 aromatic heterocycles. The number of nitrogens with one attached hydrogen (secondary N) is 1. The molecule has 2 aliphatic rings. The van der Waals surface area contributed by atoms with Gasteiger partial charge in [-0.1, -0.05) is 128 Å². The van der Waals surface area contributed by atoms with Gasteiger partial charge in [-0.05, 0) is 101 Å². The highest BCUT2D eigenvalue weighted by molar-refractivity contribution is 5.95. The number of fused-ring (bicyclic) bond motifs is 1. The molecule has 0 saturated heterocycles. The van der Waals surface area contributed by atoms with Crippen molar-refractivity contribution in [3.05, 3.63) is 169 Å². The Morgan fingerprint density at radius 2 is 1.11 bits per heavy atom. The summed E-state index contributed by atoms with van der Waals surface area (Å²) in [5.41, 5.74) is 27.1. The maximum absolute atomic E-state index is 9.78. The highest BCUT2D eigenvalue weighted by atomic mass is 15.3. The first-order valence-corrected chi connectivity index (χ1v) is 21.0. The molecule has 1 fully saturated rings. The van der Waals surface area contributed by atoms with Gasteiger partial charge in [0.15, 0.2) is 17.5 Å². The fraction of sp³-hybridized carbons (Fsp3) is 0.132. The largest absolute Gasteiger partial charge is 0.399 e. The third-order valence-electron chi connectivity index (χ3n) is 12.0. The summed E-state index contributed by atoms with van der Waals surface area (Å²) in [5, 5.41) is 13.6. The van der Waals surface area contributed by atoms with Crippen molar-refractivity contribution in [2.45, 2.75) is 38.3 Å². The minimum Gasteiger partial charge on any atom is -0.399 e. The van der Waals surface area contributed by atoms with Crippen LogP contribution in [-0.4, -0.2) is 21.1 Å². The lowest BCUT2D eigenvalue weighted by atomic mass is 9.86. The molecule has 8 heteroatoms. The molecule has 10 rings (SSSR count). The first kappa shape index (κ1) is 37.5. The van der Waals surface area contributed by atoms with E-state index in [-0.39, 0.29) is 6.17 Å². The number of nitrogen functional groups attached to an aromatic ring is 2. The Morgan fingerprint density at radius 3 is 1.75 bits per heavy atom. The van der Waals surface area contributed by atoms with Gasteiger partial charge < -0.3 is 21.7 Å². The predicted octanol–water partition coefficient (Wildman–Crippen LogP) is 12.4.